The average Bonchev–Trinajstić information content (AvgIpc) is 2.75. The molecule has 0 aromatic heterocycles. The summed E-state index contributed by atoms with van der Waals surface area (Å²) >= 11 is 0. The molecule has 1 nitrogen and oxygen atoms in total. The Bertz CT molecular complexity index is 721. The van der Waals surface area contributed by atoms with E-state index in [1.807, 2.05) is 0 Å². The van der Waals surface area contributed by atoms with Crippen LogP contribution in [0.1, 0.15) is 64.2 Å². The van der Waals surface area contributed by atoms with E-state index in [-0.39, 0.29) is 18.8 Å². The Morgan fingerprint density at radius 2 is 1.18 bits per heavy atom. The van der Waals surface area contributed by atoms with Crippen LogP contribution in [0.5, 0.6) is 0 Å². The van der Waals surface area contributed by atoms with Gasteiger partial charge in [-0.2, -0.15) is 48.3 Å². The van der Waals surface area contributed by atoms with E-state index in [4.69, 9.17) is 0 Å². The molecule has 0 aromatic carbocycles. The van der Waals surface area contributed by atoms with E-state index in [1.165, 1.54) is 0 Å². The van der Waals surface area contributed by atoms with Crippen molar-refractivity contribution in [2.24, 2.45) is 23.7 Å². The fourth-order valence-electron chi connectivity index (χ4n) is 5.41. The van der Waals surface area contributed by atoms with E-state index in [0.29, 0.717) is 18.8 Å². The maximum Gasteiger partial charge on any atom is 0.426 e. The van der Waals surface area contributed by atoms with Gasteiger partial charge in [0.05, 0.1) is 5.92 Å². The number of aliphatic hydroxyl groups is 1. The largest absolute Gasteiger partial charge is 0.426 e. The van der Waals surface area contributed by atoms with Crippen molar-refractivity contribution in [1.82, 2.24) is 0 Å². The molecule has 1 N–H and O–H groups in total. The molecule has 0 amide bonds. The van der Waals surface area contributed by atoms with Gasteiger partial charge < -0.3 is 5.11 Å². The predicted molar refractivity (Wildman–Crippen MR) is 102 cm³/mol. The van der Waals surface area contributed by atoms with Crippen LogP contribution in [0.25, 0.3) is 0 Å². The van der Waals surface area contributed by atoms with Gasteiger partial charge in [0.2, 0.25) is 5.83 Å². The van der Waals surface area contributed by atoms with E-state index in [0.717, 1.165) is 32.1 Å². The molecule has 1 unspecified atom stereocenters. The van der Waals surface area contributed by atoms with Crippen molar-refractivity contribution in [2.75, 3.05) is 0 Å². The van der Waals surface area contributed by atoms with Crippen molar-refractivity contribution in [3.63, 3.8) is 0 Å². The summed E-state index contributed by atoms with van der Waals surface area (Å²) in [7, 11) is 0. The van der Waals surface area contributed by atoms with Crippen molar-refractivity contribution < 1.29 is 53.4 Å². The molecular formula is C22H27F11O. The summed E-state index contributed by atoms with van der Waals surface area (Å²) in [6, 6.07) is 0. The maximum absolute atomic E-state index is 14.4. The highest BCUT2D eigenvalue weighted by Crippen LogP contribution is 2.56. The molecule has 34 heavy (non-hydrogen) atoms. The maximum atomic E-state index is 14.4. The molecule has 0 aromatic rings. The van der Waals surface area contributed by atoms with Crippen molar-refractivity contribution in [1.29, 1.82) is 0 Å². The number of halogens is 11. The minimum atomic E-state index is -6.76. The van der Waals surface area contributed by atoms with Crippen LogP contribution < -0.4 is 0 Å². The van der Waals surface area contributed by atoms with Crippen LogP contribution in [0.15, 0.2) is 24.1 Å². The van der Waals surface area contributed by atoms with Gasteiger partial charge in [0.1, 0.15) is 0 Å². The van der Waals surface area contributed by atoms with Gasteiger partial charge in [0, 0.05) is 0 Å². The molecule has 0 heterocycles. The number of hydrogen-bond acceptors (Lipinski definition) is 1. The summed E-state index contributed by atoms with van der Waals surface area (Å²) in [5.41, 5.74) is -6.65. The van der Waals surface area contributed by atoms with Crippen molar-refractivity contribution in [3.05, 3.63) is 24.1 Å². The predicted octanol–water partition coefficient (Wildman–Crippen LogP) is 8.50. The zero-order valence-corrected chi connectivity index (χ0v) is 18.2. The highest BCUT2D eigenvalue weighted by atomic mass is 19.4. The summed E-state index contributed by atoms with van der Waals surface area (Å²) in [6.45, 7) is 3.35. The first kappa shape index (κ1) is 28.9. The molecule has 0 aliphatic heterocycles. The number of hydrogen-bond donors (Lipinski definition) is 1. The van der Waals surface area contributed by atoms with Gasteiger partial charge >= 0.3 is 24.4 Å². The summed E-state index contributed by atoms with van der Waals surface area (Å²) < 4.78 is 147. The van der Waals surface area contributed by atoms with Gasteiger partial charge in [-0.25, -0.2) is 0 Å². The minimum Gasteiger partial charge on any atom is -0.373 e. The quantitative estimate of drug-likeness (QED) is 0.266. The first-order valence-electron chi connectivity index (χ1n) is 11.1. The molecule has 2 rings (SSSR count). The lowest BCUT2D eigenvalue weighted by Crippen LogP contribution is -2.65. The molecule has 0 bridgehead atoms. The van der Waals surface area contributed by atoms with E-state index in [2.05, 4.69) is 6.58 Å². The van der Waals surface area contributed by atoms with Crippen molar-refractivity contribution in [3.8, 4) is 0 Å². The minimum absolute atomic E-state index is 0.255. The van der Waals surface area contributed by atoms with E-state index < -0.39 is 59.6 Å². The Balaban J connectivity index is 2.32. The lowest BCUT2D eigenvalue weighted by atomic mass is 9.68. The molecule has 2 aliphatic rings. The third-order valence-corrected chi connectivity index (χ3v) is 7.40. The molecule has 2 fully saturated rings. The Hall–Kier alpha value is -1.33. The fraction of sp³-hybridized carbons (Fsp3) is 0.818. The van der Waals surface area contributed by atoms with Gasteiger partial charge in [-0.15, -0.1) is 0 Å². The molecule has 198 valence electrons. The zero-order chi connectivity index (χ0) is 26.1. The Kier molecular flexibility index (Phi) is 8.79. The van der Waals surface area contributed by atoms with E-state index in [9.17, 15) is 53.4 Å². The average molecular weight is 516 g/mol. The van der Waals surface area contributed by atoms with Crippen LogP contribution in [0.4, 0.5) is 48.3 Å². The standard InChI is InChI=1S/C22H27F11O/c1-12(13-7-9-15(10-8-13)14-5-3-2-4-6-14)11-16(19(26,27)17(23)18(24)25)20(34,21(28,29)30)22(31,32)33/h13-16,34H,1-11H2. The van der Waals surface area contributed by atoms with E-state index >= 15 is 0 Å². The van der Waals surface area contributed by atoms with Gasteiger partial charge in [0.25, 0.3) is 5.60 Å². The van der Waals surface area contributed by atoms with Crippen LogP contribution in [-0.2, 0) is 0 Å². The molecule has 0 radical (unpaired) electrons. The Labute approximate surface area is 190 Å². The van der Waals surface area contributed by atoms with Crippen LogP contribution in [0.3, 0.4) is 0 Å². The SMILES string of the molecule is C=C(CC(C(F)(F)C(F)=C(F)F)C(O)(C(F)(F)F)C(F)(F)F)C1CCC(C2CCCCC2)CC1. The van der Waals surface area contributed by atoms with Crippen LogP contribution >= 0.6 is 0 Å². The fourth-order valence-corrected chi connectivity index (χ4v) is 5.41. The molecule has 12 heteroatoms. The topological polar surface area (TPSA) is 20.2 Å². The van der Waals surface area contributed by atoms with E-state index in [1.54, 1.807) is 0 Å². The molecule has 0 spiro atoms. The smallest absolute Gasteiger partial charge is 0.373 e. The molecular weight excluding hydrogens is 489 g/mol. The highest BCUT2D eigenvalue weighted by Gasteiger charge is 2.78. The van der Waals surface area contributed by atoms with Crippen LogP contribution in [0, 0.1) is 23.7 Å². The number of rotatable bonds is 7. The van der Waals surface area contributed by atoms with Gasteiger partial charge in [-0.3, -0.25) is 0 Å². The summed E-state index contributed by atoms with van der Waals surface area (Å²) in [5.74, 6) is -14.1. The first-order chi connectivity index (χ1) is 15.4. The lowest BCUT2D eigenvalue weighted by Gasteiger charge is -2.43. The second-order valence-electron chi connectivity index (χ2n) is 9.38. The molecule has 2 saturated carbocycles. The number of allylic oxidation sites excluding steroid dienone is 2. The van der Waals surface area contributed by atoms with Crippen LogP contribution in [0.2, 0.25) is 0 Å². The lowest BCUT2D eigenvalue weighted by molar-refractivity contribution is -0.399. The zero-order valence-electron chi connectivity index (χ0n) is 18.2. The molecule has 0 saturated heterocycles. The summed E-state index contributed by atoms with van der Waals surface area (Å²) in [4.78, 5) is 0. The second kappa shape index (κ2) is 10.3. The first-order valence-corrected chi connectivity index (χ1v) is 11.1. The van der Waals surface area contributed by atoms with Crippen molar-refractivity contribution in [2.45, 2.75) is 88.1 Å². The van der Waals surface area contributed by atoms with Gasteiger partial charge in [0.15, 0.2) is 0 Å². The summed E-state index contributed by atoms with van der Waals surface area (Å²) in [5, 5.41) is 9.56. The van der Waals surface area contributed by atoms with Crippen molar-refractivity contribution >= 4 is 0 Å². The van der Waals surface area contributed by atoms with Gasteiger partial charge in [-0.1, -0.05) is 44.3 Å². The molecule has 1 atom stereocenters. The Morgan fingerprint density at radius 1 is 0.735 bits per heavy atom. The highest BCUT2D eigenvalue weighted by molar-refractivity contribution is 5.19. The van der Waals surface area contributed by atoms with Crippen LogP contribution in [-0.4, -0.2) is 29.0 Å². The summed E-state index contributed by atoms with van der Waals surface area (Å²) in [6.07, 6.45) is -12.3. The molecule has 2 aliphatic carbocycles. The third-order valence-electron chi connectivity index (χ3n) is 7.40. The Morgan fingerprint density at radius 3 is 1.59 bits per heavy atom. The number of alkyl halides is 8. The second-order valence-corrected chi connectivity index (χ2v) is 9.38. The third kappa shape index (κ3) is 5.73. The van der Waals surface area contributed by atoms with Gasteiger partial charge in [-0.05, 0) is 49.9 Å². The monoisotopic (exact) mass is 516 g/mol. The normalized spacial score (nSPS) is 24.6.